The Labute approximate surface area is 106 Å². The van der Waals surface area contributed by atoms with Crippen molar-refractivity contribution in [1.29, 1.82) is 0 Å². The Bertz CT molecular complexity index is 328. The van der Waals surface area contributed by atoms with Gasteiger partial charge < -0.3 is 5.32 Å². The van der Waals surface area contributed by atoms with Crippen LogP contribution in [0.2, 0.25) is 0 Å². The summed E-state index contributed by atoms with van der Waals surface area (Å²) in [6.45, 7) is 2.17. The van der Waals surface area contributed by atoms with E-state index in [0.29, 0.717) is 6.04 Å². The van der Waals surface area contributed by atoms with Crippen LogP contribution >= 0.6 is 15.9 Å². The van der Waals surface area contributed by atoms with Gasteiger partial charge in [-0.25, -0.2) is 4.39 Å². The van der Waals surface area contributed by atoms with Crippen LogP contribution in [0.4, 0.5) is 4.39 Å². The van der Waals surface area contributed by atoms with Crippen LogP contribution in [0, 0.1) is 5.82 Å². The van der Waals surface area contributed by atoms with Crippen molar-refractivity contribution in [2.24, 2.45) is 0 Å². The minimum Gasteiger partial charge on any atom is -0.317 e. The summed E-state index contributed by atoms with van der Waals surface area (Å²) in [4.78, 5) is 0. The summed E-state index contributed by atoms with van der Waals surface area (Å²) in [6.07, 6.45) is 4.21. The Morgan fingerprint density at radius 2 is 2.19 bits per heavy atom. The fourth-order valence-electron chi connectivity index (χ4n) is 1.76. The van der Waals surface area contributed by atoms with Gasteiger partial charge in [0, 0.05) is 10.5 Å². The Morgan fingerprint density at radius 1 is 1.44 bits per heavy atom. The minimum absolute atomic E-state index is 0.111. The molecule has 1 aromatic rings. The molecule has 0 bridgehead atoms. The van der Waals surface area contributed by atoms with Crippen molar-refractivity contribution in [3.8, 4) is 0 Å². The summed E-state index contributed by atoms with van der Waals surface area (Å²) in [6, 6.07) is 5.49. The average molecular weight is 288 g/mol. The maximum absolute atomic E-state index is 13.5. The first-order valence-corrected chi connectivity index (χ1v) is 6.57. The van der Waals surface area contributed by atoms with Crippen LogP contribution in [0.25, 0.3) is 0 Å². The zero-order valence-electron chi connectivity index (χ0n) is 9.89. The molecular formula is C13H19BrFN. The van der Waals surface area contributed by atoms with E-state index in [4.69, 9.17) is 0 Å². The standard InChI is InChI=1S/C13H19BrFN/c1-3-4-5-12(16-2)9-10-8-11(14)6-7-13(10)15/h6-8,12,16H,3-5,9H2,1-2H3. The smallest absolute Gasteiger partial charge is 0.126 e. The molecule has 16 heavy (non-hydrogen) atoms. The Hall–Kier alpha value is -0.410. The van der Waals surface area contributed by atoms with Crippen molar-refractivity contribution < 1.29 is 4.39 Å². The van der Waals surface area contributed by atoms with Gasteiger partial charge >= 0.3 is 0 Å². The molecule has 0 fully saturated rings. The van der Waals surface area contributed by atoms with Crippen LogP contribution in [0.3, 0.4) is 0 Å². The minimum atomic E-state index is -0.111. The van der Waals surface area contributed by atoms with E-state index < -0.39 is 0 Å². The normalized spacial score (nSPS) is 12.8. The van der Waals surface area contributed by atoms with Crippen molar-refractivity contribution in [3.05, 3.63) is 34.1 Å². The lowest BCUT2D eigenvalue weighted by molar-refractivity contribution is 0.486. The summed E-state index contributed by atoms with van der Waals surface area (Å²) in [5.74, 6) is -0.111. The van der Waals surface area contributed by atoms with Crippen molar-refractivity contribution in [2.75, 3.05) is 7.05 Å². The molecule has 1 rings (SSSR count). The summed E-state index contributed by atoms with van der Waals surface area (Å²) < 4.78 is 14.5. The summed E-state index contributed by atoms with van der Waals surface area (Å²) in [5.41, 5.74) is 0.782. The van der Waals surface area contributed by atoms with Crippen molar-refractivity contribution >= 4 is 15.9 Å². The first-order chi connectivity index (χ1) is 7.67. The number of halogens is 2. The summed E-state index contributed by atoms with van der Waals surface area (Å²) in [7, 11) is 1.94. The lowest BCUT2D eigenvalue weighted by Crippen LogP contribution is -2.27. The molecule has 0 heterocycles. The molecular weight excluding hydrogens is 269 g/mol. The molecule has 0 saturated heterocycles. The molecule has 0 amide bonds. The Morgan fingerprint density at radius 3 is 2.81 bits per heavy atom. The molecule has 0 aliphatic carbocycles. The highest BCUT2D eigenvalue weighted by Crippen LogP contribution is 2.18. The van der Waals surface area contributed by atoms with E-state index in [2.05, 4.69) is 28.2 Å². The molecule has 1 aromatic carbocycles. The van der Waals surface area contributed by atoms with Crippen LogP contribution in [-0.4, -0.2) is 13.1 Å². The van der Waals surface area contributed by atoms with Gasteiger partial charge in [0.1, 0.15) is 5.82 Å². The number of likely N-dealkylation sites (N-methyl/N-ethyl adjacent to an activating group) is 1. The van der Waals surface area contributed by atoms with Gasteiger partial charge in [0.25, 0.3) is 0 Å². The molecule has 1 unspecified atom stereocenters. The Kier molecular flexibility index (Phi) is 5.99. The number of unbranched alkanes of at least 4 members (excludes halogenated alkanes) is 1. The van der Waals surface area contributed by atoms with Gasteiger partial charge in [0.2, 0.25) is 0 Å². The predicted molar refractivity (Wildman–Crippen MR) is 70.2 cm³/mol. The quantitative estimate of drug-likeness (QED) is 0.837. The number of nitrogens with one attached hydrogen (secondary N) is 1. The van der Waals surface area contributed by atoms with Crippen molar-refractivity contribution in [3.63, 3.8) is 0 Å². The third-order valence-electron chi connectivity index (χ3n) is 2.79. The molecule has 1 nitrogen and oxygen atoms in total. The van der Waals surface area contributed by atoms with E-state index in [1.54, 1.807) is 6.07 Å². The molecule has 90 valence electrons. The van der Waals surface area contributed by atoms with Crippen molar-refractivity contribution in [1.82, 2.24) is 5.32 Å². The van der Waals surface area contributed by atoms with E-state index in [0.717, 1.165) is 22.9 Å². The van der Waals surface area contributed by atoms with Gasteiger partial charge in [-0.3, -0.25) is 0 Å². The van der Waals surface area contributed by atoms with E-state index in [-0.39, 0.29) is 5.82 Å². The number of hydrogen-bond donors (Lipinski definition) is 1. The van der Waals surface area contributed by atoms with E-state index in [1.807, 2.05) is 13.1 Å². The maximum Gasteiger partial charge on any atom is 0.126 e. The molecule has 3 heteroatoms. The molecule has 0 aliphatic heterocycles. The lowest BCUT2D eigenvalue weighted by Gasteiger charge is -2.16. The van der Waals surface area contributed by atoms with Gasteiger partial charge in [-0.15, -0.1) is 0 Å². The highest BCUT2D eigenvalue weighted by Gasteiger charge is 2.10. The number of benzene rings is 1. The van der Waals surface area contributed by atoms with Crippen LogP contribution in [0.5, 0.6) is 0 Å². The lowest BCUT2D eigenvalue weighted by atomic mass is 10.0. The van der Waals surface area contributed by atoms with Crippen LogP contribution < -0.4 is 5.32 Å². The first kappa shape index (κ1) is 13.7. The van der Waals surface area contributed by atoms with Gasteiger partial charge in [0.15, 0.2) is 0 Å². The van der Waals surface area contributed by atoms with E-state index in [1.165, 1.54) is 18.9 Å². The van der Waals surface area contributed by atoms with Gasteiger partial charge in [0.05, 0.1) is 0 Å². The fourth-order valence-corrected chi connectivity index (χ4v) is 2.17. The second kappa shape index (κ2) is 7.02. The summed E-state index contributed by atoms with van der Waals surface area (Å²) in [5, 5.41) is 3.25. The Balaban J connectivity index is 2.65. The molecule has 0 spiro atoms. The van der Waals surface area contributed by atoms with Crippen LogP contribution in [-0.2, 0) is 6.42 Å². The van der Waals surface area contributed by atoms with Gasteiger partial charge in [-0.2, -0.15) is 0 Å². The third-order valence-corrected chi connectivity index (χ3v) is 3.28. The monoisotopic (exact) mass is 287 g/mol. The van der Waals surface area contributed by atoms with Gasteiger partial charge in [-0.05, 0) is 43.7 Å². The zero-order chi connectivity index (χ0) is 12.0. The van der Waals surface area contributed by atoms with Crippen LogP contribution in [0.1, 0.15) is 31.7 Å². The van der Waals surface area contributed by atoms with Crippen molar-refractivity contribution in [2.45, 2.75) is 38.6 Å². The SMILES string of the molecule is CCCCC(Cc1cc(Br)ccc1F)NC. The highest BCUT2D eigenvalue weighted by atomic mass is 79.9. The maximum atomic E-state index is 13.5. The van der Waals surface area contributed by atoms with E-state index >= 15 is 0 Å². The topological polar surface area (TPSA) is 12.0 Å². The molecule has 1 atom stereocenters. The zero-order valence-corrected chi connectivity index (χ0v) is 11.5. The van der Waals surface area contributed by atoms with Crippen LogP contribution in [0.15, 0.2) is 22.7 Å². The number of rotatable bonds is 6. The third kappa shape index (κ3) is 4.22. The van der Waals surface area contributed by atoms with E-state index in [9.17, 15) is 4.39 Å². The second-order valence-electron chi connectivity index (χ2n) is 4.07. The van der Waals surface area contributed by atoms with Gasteiger partial charge in [-0.1, -0.05) is 35.7 Å². The number of hydrogen-bond acceptors (Lipinski definition) is 1. The fraction of sp³-hybridized carbons (Fsp3) is 0.538. The largest absolute Gasteiger partial charge is 0.317 e. The molecule has 0 radical (unpaired) electrons. The molecule has 0 saturated carbocycles. The molecule has 0 aromatic heterocycles. The predicted octanol–water partition coefficient (Wildman–Crippen LogP) is 3.91. The molecule has 1 N–H and O–H groups in total. The summed E-state index contributed by atoms with van der Waals surface area (Å²) >= 11 is 3.37. The molecule has 0 aliphatic rings. The first-order valence-electron chi connectivity index (χ1n) is 5.78. The average Bonchev–Trinajstić information content (AvgIpc) is 2.28. The second-order valence-corrected chi connectivity index (χ2v) is 4.98. The highest BCUT2D eigenvalue weighted by molar-refractivity contribution is 9.10.